The third-order valence-corrected chi connectivity index (χ3v) is 3.59. The highest BCUT2D eigenvalue weighted by Crippen LogP contribution is 2.35. The number of rotatable bonds is 4. The summed E-state index contributed by atoms with van der Waals surface area (Å²) >= 11 is 0. The van der Waals surface area contributed by atoms with Gasteiger partial charge in [-0.05, 0) is 48.1 Å². The Morgan fingerprint density at radius 1 is 1.24 bits per heavy atom. The number of hydrogen-bond donors (Lipinski definition) is 1. The molecule has 1 heterocycles. The maximum Gasteiger partial charge on any atom is 0.165 e. The molecule has 1 saturated carbocycles. The largest absolute Gasteiger partial charge is 0.310 e. The van der Waals surface area contributed by atoms with Gasteiger partial charge in [-0.1, -0.05) is 20.8 Å². The molecule has 5 nitrogen and oxygen atoms in total. The highest BCUT2D eigenvalue weighted by molar-refractivity contribution is 4.87. The Balaban J connectivity index is 2.07. The van der Waals surface area contributed by atoms with Crippen molar-refractivity contribution in [1.82, 2.24) is 25.5 Å². The third-order valence-electron chi connectivity index (χ3n) is 3.59. The van der Waals surface area contributed by atoms with Crippen LogP contribution in [0.2, 0.25) is 0 Å². The minimum absolute atomic E-state index is 0.484. The van der Waals surface area contributed by atoms with E-state index in [9.17, 15) is 0 Å². The molecule has 0 spiro atoms. The molecule has 1 aromatic heterocycles. The van der Waals surface area contributed by atoms with E-state index in [1.54, 1.807) is 0 Å². The summed E-state index contributed by atoms with van der Waals surface area (Å²) in [6.45, 7) is 8.47. The van der Waals surface area contributed by atoms with Crippen molar-refractivity contribution in [1.29, 1.82) is 0 Å². The minimum Gasteiger partial charge on any atom is -0.310 e. The summed E-state index contributed by atoms with van der Waals surface area (Å²) in [4.78, 5) is 0. The Kier molecular flexibility index (Phi) is 4.10. The molecule has 1 N–H and O–H groups in total. The first-order valence-corrected chi connectivity index (χ1v) is 6.68. The SMILES string of the molecule is CCNCc1nnnn1C1CC(C)CC(C)C1. The first-order chi connectivity index (χ1) is 8.20. The molecule has 1 fully saturated rings. The van der Waals surface area contributed by atoms with Gasteiger partial charge in [-0.2, -0.15) is 0 Å². The molecule has 17 heavy (non-hydrogen) atoms. The molecule has 2 unspecified atom stereocenters. The molecule has 1 aliphatic carbocycles. The third kappa shape index (κ3) is 3.03. The molecule has 0 aromatic carbocycles. The number of hydrogen-bond acceptors (Lipinski definition) is 4. The first kappa shape index (κ1) is 12.5. The van der Waals surface area contributed by atoms with E-state index in [1.807, 2.05) is 4.68 Å². The molecule has 0 bridgehead atoms. The van der Waals surface area contributed by atoms with Crippen molar-refractivity contribution < 1.29 is 0 Å². The van der Waals surface area contributed by atoms with Gasteiger partial charge in [0.2, 0.25) is 0 Å². The van der Waals surface area contributed by atoms with Gasteiger partial charge in [0.1, 0.15) is 0 Å². The van der Waals surface area contributed by atoms with Crippen molar-refractivity contribution in [3.63, 3.8) is 0 Å². The fraction of sp³-hybridized carbons (Fsp3) is 0.917. The van der Waals surface area contributed by atoms with E-state index in [0.29, 0.717) is 6.04 Å². The normalized spacial score (nSPS) is 29.5. The molecule has 0 aliphatic heterocycles. The van der Waals surface area contributed by atoms with Crippen LogP contribution in [0.5, 0.6) is 0 Å². The molecular weight excluding hydrogens is 214 g/mol. The van der Waals surface area contributed by atoms with Gasteiger partial charge < -0.3 is 5.32 Å². The van der Waals surface area contributed by atoms with Gasteiger partial charge in [0, 0.05) is 0 Å². The maximum atomic E-state index is 4.18. The van der Waals surface area contributed by atoms with Crippen molar-refractivity contribution in [2.24, 2.45) is 11.8 Å². The lowest BCUT2D eigenvalue weighted by molar-refractivity contribution is 0.204. The Labute approximate surface area is 103 Å². The standard InChI is InChI=1S/C12H23N5/c1-4-13-8-12-14-15-16-17(12)11-6-9(2)5-10(3)7-11/h9-11,13H,4-8H2,1-3H3. The molecule has 1 aromatic rings. The number of tetrazole rings is 1. The topological polar surface area (TPSA) is 55.6 Å². The number of nitrogens with one attached hydrogen (secondary N) is 1. The zero-order valence-electron chi connectivity index (χ0n) is 11.1. The lowest BCUT2D eigenvalue weighted by Gasteiger charge is -2.31. The zero-order valence-corrected chi connectivity index (χ0v) is 11.1. The Morgan fingerprint density at radius 3 is 2.59 bits per heavy atom. The summed E-state index contributed by atoms with van der Waals surface area (Å²) in [5.74, 6) is 2.53. The highest BCUT2D eigenvalue weighted by Gasteiger charge is 2.27. The molecule has 0 radical (unpaired) electrons. The van der Waals surface area contributed by atoms with Gasteiger partial charge in [-0.15, -0.1) is 5.10 Å². The summed E-state index contributed by atoms with van der Waals surface area (Å²) < 4.78 is 2.04. The van der Waals surface area contributed by atoms with E-state index in [4.69, 9.17) is 0 Å². The van der Waals surface area contributed by atoms with E-state index in [0.717, 1.165) is 30.7 Å². The lowest BCUT2D eigenvalue weighted by Crippen LogP contribution is -2.26. The van der Waals surface area contributed by atoms with Gasteiger partial charge in [0.05, 0.1) is 12.6 Å². The Bertz CT molecular complexity index is 338. The monoisotopic (exact) mass is 237 g/mol. The van der Waals surface area contributed by atoms with Crippen molar-refractivity contribution in [2.45, 2.75) is 52.6 Å². The summed E-state index contributed by atoms with van der Waals surface area (Å²) in [5, 5.41) is 15.4. The van der Waals surface area contributed by atoms with Gasteiger partial charge >= 0.3 is 0 Å². The van der Waals surface area contributed by atoms with Crippen molar-refractivity contribution in [3.8, 4) is 0 Å². The average Bonchev–Trinajstić information content (AvgIpc) is 2.73. The molecule has 96 valence electrons. The second kappa shape index (κ2) is 5.58. The van der Waals surface area contributed by atoms with E-state index in [1.165, 1.54) is 19.3 Å². The Hall–Kier alpha value is -0.970. The number of aromatic nitrogens is 4. The fourth-order valence-corrected chi connectivity index (χ4v) is 2.95. The second-order valence-corrected chi connectivity index (χ2v) is 5.39. The quantitative estimate of drug-likeness (QED) is 0.867. The minimum atomic E-state index is 0.484. The van der Waals surface area contributed by atoms with E-state index in [-0.39, 0.29) is 0 Å². The molecule has 1 aliphatic rings. The molecular formula is C12H23N5. The highest BCUT2D eigenvalue weighted by atomic mass is 15.6. The van der Waals surface area contributed by atoms with Gasteiger partial charge in [-0.3, -0.25) is 0 Å². The lowest BCUT2D eigenvalue weighted by atomic mass is 9.80. The van der Waals surface area contributed by atoms with Crippen LogP contribution in [0.1, 0.15) is 51.9 Å². The van der Waals surface area contributed by atoms with Gasteiger partial charge in [-0.25, -0.2) is 4.68 Å². The maximum absolute atomic E-state index is 4.18. The van der Waals surface area contributed by atoms with Crippen LogP contribution in [-0.4, -0.2) is 26.8 Å². The van der Waals surface area contributed by atoms with Gasteiger partial charge in [0.15, 0.2) is 5.82 Å². The zero-order chi connectivity index (χ0) is 12.3. The fourth-order valence-electron chi connectivity index (χ4n) is 2.95. The first-order valence-electron chi connectivity index (χ1n) is 6.68. The van der Waals surface area contributed by atoms with Crippen LogP contribution in [0.25, 0.3) is 0 Å². The average molecular weight is 237 g/mol. The van der Waals surface area contributed by atoms with E-state index in [2.05, 4.69) is 41.6 Å². The van der Waals surface area contributed by atoms with Crippen LogP contribution < -0.4 is 5.32 Å². The second-order valence-electron chi connectivity index (χ2n) is 5.39. The van der Waals surface area contributed by atoms with Gasteiger partial charge in [0.25, 0.3) is 0 Å². The molecule has 2 atom stereocenters. The van der Waals surface area contributed by atoms with E-state index < -0.39 is 0 Å². The van der Waals surface area contributed by atoms with Crippen LogP contribution in [0.4, 0.5) is 0 Å². The predicted octanol–water partition coefficient (Wildman–Crippen LogP) is 1.78. The molecule has 0 saturated heterocycles. The predicted molar refractivity (Wildman–Crippen MR) is 66.4 cm³/mol. The van der Waals surface area contributed by atoms with Crippen LogP contribution in [0.3, 0.4) is 0 Å². The molecule has 0 amide bonds. The summed E-state index contributed by atoms with van der Waals surface area (Å²) in [6.07, 6.45) is 3.74. The van der Waals surface area contributed by atoms with Crippen molar-refractivity contribution in [3.05, 3.63) is 5.82 Å². The number of nitrogens with zero attached hydrogens (tertiary/aromatic N) is 4. The van der Waals surface area contributed by atoms with Crippen LogP contribution >= 0.6 is 0 Å². The summed E-state index contributed by atoms with van der Waals surface area (Å²) in [7, 11) is 0. The van der Waals surface area contributed by atoms with Crippen LogP contribution in [0, 0.1) is 11.8 Å². The Morgan fingerprint density at radius 2 is 1.94 bits per heavy atom. The summed E-state index contributed by atoms with van der Waals surface area (Å²) in [5.41, 5.74) is 0. The van der Waals surface area contributed by atoms with Crippen LogP contribution in [0.15, 0.2) is 0 Å². The van der Waals surface area contributed by atoms with Crippen molar-refractivity contribution >= 4 is 0 Å². The van der Waals surface area contributed by atoms with E-state index >= 15 is 0 Å². The van der Waals surface area contributed by atoms with Crippen LogP contribution in [-0.2, 0) is 6.54 Å². The molecule has 5 heteroatoms. The molecule has 2 rings (SSSR count). The smallest absolute Gasteiger partial charge is 0.165 e. The summed E-state index contributed by atoms with van der Waals surface area (Å²) in [6, 6.07) is 0.484. The van der Waals surface area contributed by atoms with Crippen molar-refractivity contribution in [2.75, 3.05) is 6.54 Å².